The van der Waals surface area contributed by atoms with E-state index in [4.69, 9.17) is 0 Å². The van der Waals surface area contributed by atoms with E-state index in [1.54, 1.807) is 6.20 Å². The van der Waals surface area contributed by atoms with Gasteiger partial charge in [-0.1, -0.05) is 13.8 Å². The number of urea groups is 1. The zero-order valence-corrected chi connectivity index (χ0v) is 13.6. The minimum atomic E-state index is -3.23. The first-order valence-corrected chi connectivity index (χ1v) is 8.56. The lowest BCUT2D eigenvalue weighted by Crippen LogP contribution is -2.43. The summed E-state index contributed by atoms with van der Waals surface area (Å²) in [5.74, 6) is 0.945. The van der Waals surface area contributed by atoms with E-state index < -0.39 is 10.0 Å². The van der Waals surface area contributed by atoms with Crippen LogP contribution < -0.4 is 15.4 Å². The Morgan fingerprint density at radius 2 is 2.05 bits per heavy atom. The Kier molecular flexibility index (Phi) is 6.16. The van der Waals surface area contributed by atoms with Crippen molar-refractivity contribution in [1.29, 1.82) is 0 Å². The van der Waals surface area contributed by atoms with Gasteiger partial charge in [0.05, 0.1) is 12.3 Å². The number of aryl methyl sites for hydroxylation is 1. The molecule has 0 aliphatic rings. The van der Waals surface area contributed by atoms with Crippen LogP contribution in [0.2, 0.25) is 0 Å². The molecule has 0 aliphatic carbocycles. The average molecular weight is 317 g/mol. The molecule has 1 aromatic rings. The van der Waals surface area contributed by atoms with Crippen LogP contribution in [0.1, 0.15) is 25.7 Å². The molecule has 0 saturated carbocycles. The van der Waals surface area contributed by atoms with Crippen LogP contribution in [-0.4, -0.2) is 43.3 Å². The summed E-state index contributed by atoms with van der Waals surface area (Å²) in [5.41, 5.74) is 0. The van der Waals surface area contributed by atoms with Gasteiger partial charge >= 0.3 is 6.03 Å². The molecule has 1 aromatic heterocycles. The van der Waals surface area contributed by atoms with Crippen molar-refractivity contribution in [3.8, 4) is 0 Å². The quantitative estimate of drug-likeness (QED) is 0.614. The van der Waals surface area contributed by atoms with Crippen LogP contribution in [0.4, 0.5) is 4.79 Å². The fourth-order valence-corrected chi connectivity index (χ4v) is 2.28. The van der Waals surface area contributed by atoms with Gasteiger partial charge in [-0.05, 0) is 5.92 Å². The number of carbonyl (C=O) groups is 1. The monoisotopic (exact) mass is 317 g/mol. The van der Waals surface area contributed by atoms with E-state index in [2.05, 4.69) is 20.3 Å². The maximum atomic E-state index is 11.9. The SMILES string of the molecule is CC(C)[C@@H](NC(=O)NCCNS(C)(=O)=O)c1nccn1C. The number of hydrogen-bond donors (Lipinski definition) is 3. The third-order valence-electron chi connectivity index (χ3n) is 2.86. The highest BCUT2D eigenvalue weighted by Gasteiger charge is 2.21. The Morgan fingerprint density at radius 1 is 1.38 bits per heavy atom. The molecule has 9 heteroatoms. The van der Waals surface area contributed by atoms with E-state index >= 15 is 0 Å². The number of imidazole rings is 1. The van der Waals surface area contributed by atoms with E-state index in [1.807, 2.05) is 31.7 Å². The van der Waals surface area contributed by atoms with Crippen molar-refractivity contribution in [2.75, 3.05) is 19.3 Å². The molecule has 0 aromatic carbocycles. The second-order valence-corrected chi connectivity index (χ2v) is 7.02. The molecular weight excluding hydrogens is 294 g/mol. The number of rotatable bonds is 7. The topological polar surface area (TPSA) is 105 Å². The predicted molar refractivity (Wildman–Crippen MR) is 80.2 cm³/mol. The summed E-state index contributed by atoms with van der Waals surface area (Å²) < 4.78 is 25.9. The first-order chi connectivity index (χ1) is 9.70. The Balaban J connectivity index is 2.49. The van der Waals surface area contributed by atoms with Crippen LogP contribution in [0.3, 0.4) is 0 Å². The van der Waals surface area contributed by atoms with Gasteiger partial charge in [0.15, 0.2) is 0 Å². The standard InChI is InChI=1S/C12H23N5O3S/c1-9(2)10(11-13-7-8-17(11)3)16-12(18)14-5-6-15-21(4,19)20/h7-10,15H,5-6H2,1-4H3,(H2,14,16,18)/t10-/m1/s1. The molecular formula is C12H23N5O3S. The summed E-state index contributed by atoms with van der Waals surface area (Å²) in [7, 11) is -1.37. The summed E-state index contributed by atoms with van der Waals surface area (Å²) in [6, 6.07) is -0.570. The zero-order chi connectivity index (χ0) is 16.0. The second-order valence-electron chi connectivity index (χ2n) is 5.18. The Bertz CT molecular complexity index is 567. The van der Waals surface area contributed by atoms with Gasteiger partial charge in [0.25, 0.3) is 0 Å². The molecule has 0 unspecified atom stereocenters. The van der Waals surface area contributed by atoms with Crippen molar-refractivity contribution >= 4 is 16.1 Å². The lowest BCUT2D eigenvalue weighted by Gasteiger charge is -2.22. The van der Waals surface area contributed by atoms with Crippen molar-refractivity contribution in [3.05, 3.63) is 18.2 Å². The second kappa shape index (κ2) is 7.41. The van der Waals surface area contributed by atoms with E-state index in [-0.39, 0.29) is 31.1 Å². The van der Waals surface area contributed by atoms with Gasteiger partial charge in [0, 0.05) is 32.5 Å². The highest BCUT2D eigenvalue weighted by molar-refractivity contribution is 7.88. The maximum Gasteiger partial charge on any atom is 0.315 e. The van der Waals surface area contributed by atoms with E-state index in [9.17, 15) is 13.2 Å². The third kappa shape index (κ3) is 6.13. The summed E-state index contributed by atoms with van der Waals surface area (Å²) in [6.45, 7) is 4.35. The highest BCUT2D eigenvalue weighted by atomic mass is 32.2. The predicted octanol–water partition coefficient (Wildman–Crippen LogP) is -0.0344. The van der Waals surface area contributed by atoms with Gasteiger partial charge in [-0.15, -0.1) is 0 Å². The summed E-state index contributed by atoms with van der Waals surface area (Å²) in [5, 5.41) is 5.45. The zero-order valence-electron chi connectivity index (χ0n) is 12.8. The van der Waals surface area contributed by atoms with E-state index in [1.165, 1.54) is 0 Å². The fourth-order valence-electron chi connectivity index (χ4n) is 1.81. The largest absolute Gasteiger partial charge is 0.337 e. The number of hydrogen-bond acceptors (Lipinski definition) is 4. The number of carbonyl (C=O) groups excluding carboxylic acids is 1. The number of sulfonamides is 1. The summed E-state index contributed by atoms with van der Waals surface area (Å²) >= 11 is 0. The normalized spacial score (nSPS) is 13.2. The van der Waals surface area contributed by atoms with Crippen LogP contribution in [0, 0.1) is 5.92 Å². The van der Waals surface area contributed by atoms with Crippen molar-refractivity contribution < 1.29 is 13.2 Å². The van der Waals surface area contributed by atoms with Crippen molar-refractivity contribution in [2.45, 2.75) is 19.9 Å². The molecule has 1 rings (SSSR count). The molecule has 0 radical (unpaired) electrons. The van der Waals surface area contributed by atoms with Crippen LogP contribution in [0.25, 0.3) is 0 Å². The maximum absolute atomic E-state index is 11.9. The fraction of sp³-hybridized carbons (Fsp3) is 0.667. The molecule has 0 fully saturated rings. The van der Waals surface area contributed by atoms with Crippen molar-refractivity contribution in [3.63, 3.8) is 0 Å². The van der Waals surface area contributed by atoms with Crippen LogP contribution in [0.5, 0.6) is 0 Å². The number of aromatic nitrogens is 2. The van der Waals surface area contributed by atoms with Crippen molar-refractivity contribution in [1.82, 2.24) is 24.9 Å². The van der Waals surface area contributed by atoms with Gasteiger partial charge in [0.2, 0.25) is 10.0 Å². The van der Waals surface area contributed by atoms with Gasteiger partial charge in [-0.2, -0.15) is 0 Å². The van der Waals surface area contributed by atoms with E-state index in [0.29, 0.717) is 0 Å². The minimum Gasteiger partial charge on any atom is -0.337 e. The first-order valence-electron chi connectivity index (χ1n) is 6.67. The number of nitrogens with zero attached hydrogens (tertiary/aromatic N) is 2. The Morgan fingerprint density at radius 3 is 2.52 bits per heavy atom. The molecule has 120 valence electrons. The highest BCUT2D eigenvalue weighted by Crippen LogP contribution is 2.19. The lowest BCUT2D eigenvalue weighted by atomic mass is 10.0. The molecule has 3 N–H and O–H groups in total. The molecule has 1 heterocycles. The van der Waals surface area contributed by atoms with Crippen LogP contribution in [-0.2, 0) is 17.1 Å². The van der Waals surface area contributed by atoms with Gasteiger partial charge < -0.3 is 15.2 Å². The molecule has 21 heavy (non-hydrogen) atoms. The Labute approximate surface area is 125 Å². The molecule has 1 atom stereocenters. The van der Waals surface area contributed by atoms with Gasteiger partial charge in [0.1, 0.15) is 5.82 Å². The lowest BCUT2D eigenvalue weighted by molar-refractivity contribution is 0.232. The molecule has 0 spiro atoms. The smallest absolute Gasteiger partial charge is 0.315 e. The minimum absolute atomic E-state index is 0.154. The van der Waals surface area contributed by atoms with Crippen molar-refractivity contribution in [2.24, 2.45) is 13.0 Å². The molecule has 0 bridgehead atoms. The van der Waals surface area contributed by atoms with Gasteiger partial charge in [-0.3, -0.25) is 0 Å². The molecule has 0 saturated heterocycles. The molecule has 8 nitrogen and oxygen atoms in total. The number of nitrogens with one attached hydrogen (secondary N) is 3. The third-order valence-corrected chi connectivity index (χ3v) is 3.59. The van der Waals surface area contributed by atoms with Crippen LogP contribution in [0.15, 0.2) is 12.4 Å². The summed E-state index contributed by atoms with van der Waals surface area (Å²) in [6.07, 6.45) is 4.57. The van der Waals surface area contributed by atoms with Gasteiger partial charge in [-0.25, -0.2) is 22.9 Å². The average Bonchev–Trinajstić information content (AvgIpc) is 2.76. The number of amides is 2. The Hall–Kier alpha value is -1.61. The first kappa shape index (κ1) is 17.4. The summed E-state index contributed by atoms with van der Waals surface area (Å²) in [4.78, 5) is 16.1. The van der Waals surface area contributed by atoms with Crippen LogP contribution >= 0.6 is 0 Å². The van der Waals surface area contributed by atoms with E-state index in [0.717, 1.165) is 12.1 Å². The molecule has 2 amide bonds. The molecule has 0 aliphatic heterocycles.